The van der Waals surface area contributed by atoms with E-state index in [0.29, 0.717) is 0 Å². The second-order valence-electron chi connectivity index (χ2n) is 2.46. The summed E-state index contributed by atoms with van der Waals surface area (Å²) in [6.45, 7) is 0. The van der Waals surface area contributed by atoms with E-state index in [4.69, 9.17) is 0 Å². The fourth-order valence-corrected chi connectivity index (χ4v) is 1.84. The summed E-state index contributed by atoms with van der Waals surface area (Å²) < 4.78 is 51.2. The van der Waals surface area contributed by atoms with Crippen molar-refractivity contribution in [2.75, 3.05) is 7.11 Å². The van der Waals surface area contributed by atoms with Crippen LogP contribution in [0, 0.1) is 0 Å². The van der Waals surface area contributed by atoms with Crippen molar-refractivity contribution >= 4 is 9.84 Å². The van der Waals surface area contributed by atoms with Gasteiger partial charge in [0.05, 0.1) is 7.11 Å². The zero-order chi connectivity index (χ0) is 10.8. The molecule has 0 atom stereocenters. The number of benzene rings is 1. The molecule has 0 radical (unpaired) electrons. The summed E-state index contributed by atoms with van der Waals surface area (Å²) in [5.41, 5.74) is 0. The maximum atomic E-state index is 12.2. The standard InChI is InChI=1S/C8H8F2O3S/c1-13-6-4-2-3-5-7(6)14(11,12)8(9)10/h2-5,8H,1H3. The highest BCUT2D eigenvalue weighted by Gasteiger charge is 2.29. The van der Waals surface area contributed by atoms with Gasteiger partial charge in [-0.25, -0.2) is 8.42 Å². The molecule has 1 aromatic carbocycles. The van der Waals surface area contributed by atoms with Gasteiger partial charge in [-0.3, -0.25) is 0 Å². The molecule has 78 valence electrons. The molecule has 1 aromatic rings. The molecule has 0 heterocycles. The Bertz CT molecular complexity index is 414. The maximum absolute atomic E-state index is 12.2. The Hall–Kier alpha value is -1.17. The molecule has 1 rings (SSSR count). The third kappa shape index (κ3) is 1.84. The van der Waals surface area contributed by atoms with E-state index in [-0.39, 0.29) is 5.75 Å². The molecular weight excluding hydrogens is 214 g/mol. The lowest BCUT2D eigenvalue weighted by Gasteiger charge is -2.07. The molecule has 14 heavy (non-hydrogen) atoms. The summed E-state index contributed by atoms with van der Waals surface area (Å²) in [5, 5.41) is 0. The third-order valence-corrected chi connectivity index (χ3v) is 3.03. The minimum atomic E-state index is -4.58. The molecule has 0 aliphatic rings. The fraction of sp³-hybridized carbons (Fsp3) is 0.250. The van der Waals surface area contributed by atoms with Gasteiger partial charge in [0.15, 0.2) is 0 Å². The number of halogens is 2. The van der Waals surface area contributed by atoms with Crippen LogP contribution in [0.1, 0.15) is 0 Å². The van der Waals surface area contributed by atoms with Crippen LogP contribution in [0.5, 0.6) is 5.75 Å². The SMILES string of the molecule is COc1ccccc1S(=O)(=O)C(F)F. The van der Waals surface area contributed by atoms with Crippen molar-refractivity contribution in [3.8, 4) is 5.75 Å². The van der Waals surface area contributed by atoms with Crippen LogP contribution in [0.15, 0.2) is 29.2 Å². The predicted molar refractivity (Wildman–Crippen MR) is 46.2 cm³/mol. The Labute approximate surface area is 80.2 Å². The number of methoxy groups -OCH3 is 1. The van der Waals surface area contributed by atoms with Crippen LogP contribution < -0.4 is 4.74 Å². The number of para-hydroxylation sites is 1. The van der Waals surface area contributed by atoms with Crippen LogP contribution in [0.4, 0.5) is 8.78 Å². The van der Waals surface area contributed by atoms with Gasteiger partial charge in [-0.15, -0.1) is 0 Å². The van der Waals surface area contributed by atoms with E-state index >= 15 is 0 Å². The second-order valence-corrected chi connectivity index (χ2v) is 4.34. The van der Waals surface area contributed by atoms with Crippen molar-refractivity contribution in [2.24, 2.45) is 0 Å². The number of alkyl halides is 2. The van der Waals surface area contributed by atoms with Gasteiger partial charge < -0.3 is 4.74 Å². The van der Waals surface area contributed by atoms with Gasteiger partial charge in [-0.2, -0.15) is 8.78 Å². The lowest BCUT2D eigenvalue weighted by Crippen LogP contribution is -2.12. The highest BCUT2D eigenvalue weighted by molar-refractivity contribution is 7.91. The lowest BCUT2D eigenvalue weighted by molar-refractivity contribution is 0.234. The number of sulfone groups is 1. The summed E-state index contributed by atoms with van der Waals surface area (Å²) in [4.78, 5) is -0.488. The van der Waals surface area contributed by atoms with E-state index in [0.717, 1.165) is 6.07 Å². The van der Waals surface area contributed by atoms with Crippen LogP contribution in [0.25, 0.3) is 0 Å². The van der Waals surface area contributed by atoms with Crippen molar-refractivity contribution in [1.29, 1.82) is 0 Å². The average molecular weight is 222 g/mol. The highest BCUT2D eigenvalue weighted by atomic mass is 32.2. The molecule has 0 unspecified atom stereocenters. The molecule has 0 aromatic heterocycles. The summed E-state index contributed by atoms with van der Waals surface area (Å²) in [6.07, 6.45) is 0. The van der Waals surface area contributed by atoms with Crippen molar-refractivity contribution in [3.05, 3.63) is 24.3 Å². The first-order valence-electron chi connectivity index (χ1n) is 3.65. The summed E-state index contributed by atoms with van der Waals surface area (Å²) in [6, 6.07) is 5.26. The molecule has 0 amide bonds. The van der Waals surface area contributed by atoms with E-state index < -0.39 is 20.5 Å². The average Bonchev–Trinajstić information content (AvgIpc) is 2.17. The Morgan fingerprint density at radius 1 is 1.29 bits per heavy atom. The molecular formula is C8H8F2O3S. The molecule has 0 aliphatic heterocycles. The Morgan fingerprint density at radius 2 is 1.86 bits per heavy atom. The van der Waals surface area contributed by atoms with Crippen molar-refractivity contribution in [1.82, 2.24) is 0 Å². The molecule has 0 aliphatic carbocycles. The summed E-state index contributed by atoms with van der Waals surface area (Å²) in [5.74, 6) is -3.51. The van der Waals surface area contributed by atoms with E-state index in [2.05, 4.69) is 4.74 Å². The largest absolute Gasteiger partial charge is 0.495 e. The first-order valence-corrected chi connectivity index (χ1v) is 5.20. The van der Waals surface area contributed by atoms with Gasteiger partial charge in [0.2, 0.25) is 9.84 Å². The zero-order valence-corrected chi connectivity index (χ0v) is 8.09. The van der Waals surface area contributed by atoms with Crippen molar-refractivity contribution in [3.63, 3.8) is 0 Å². The monoisotopic (exact) mass is 222 g/mol. The number of hydrogen-bond acceptors (Lipinski definition) is 3. The van der Waals surface area contributed by atoms with Crippen LogP contribution >= 0.6 is 0 Å². The topological polar surface area (TPSA) is 43.4 Å². The predicted octanol–water partition coefficient (Wildman–Crippen LogP) is 1.69. The van der Waals surface area contributed by atoms with E-state index in [1.807, 2.05) is 0 Å². The first kappa shape index (κ1) is 10.9. The molecule has 6 heteroatoms. The van der Waals surface area contributed by atoms with Gasteiger partial charge in [0.25, 0.3) is 0 Å². The lowest BCUT2D eigenvalue weighted by atomic mass is 10.3. The molecule has 0 N–H and O–H groups in total. The van der Waals surface area contributed by atoms with E-state index in [9.17, 15) is 17.2 Å². The van der Waals surface area contributed by atoms with Crippen LogP contribution in [-0.2, 0) is 9.84 Å². The van der Waals surface area contributed by atoms with Gasteiger partial charge in [0.1, 0.15) is 10.6 Å². The molecule has 0 fully saturated rings. The van der Waals surface area contributed by atoms with Gasteiger partial charge in [-0.05, 0) is 12.1 Å². The van der Waals surface area contributed by atoms with Gasteiger partial charge >= 0.3 is 5.76 Å². The second kappa shape index (κ2) is 3.91. The molecule has 0 spiro atoms. The molecule has 0 bridgehead atoms. The van der Waals surface area contributed by atoms with E-state index in [1.165, 1.54) is 25.3 Å². The van der Waals surface area contributed by atoms with Crippen LogP contribution in [-0.4, -0.2) is 21.3 Å². The van der Waals surface area contributed by atoms with E-state index in [1.54, 1.807) is 0 Å². The quantitative estimate of drug-likeness (QED) is 0.781. The number of hydrogen-bond donors (Lipinski definition) is 0. The minimum absolute atomic E-state index is 0.0761. The molecule has 0 saturated heterocycles. The summed E-state index contributed by atoms with van der Waals surface area (Å²) in [7, 11) is -3.36. The van der Waals surface area contributed by atoms with Gasteiger partial charge in [-0.1, -0.05) is 12.1 Å². The Morgan fingerprint density at radius 3 is 2.36 bits per heavy atom. The zero-order valence-electron chi connectivity index (χ0n) is 7.28. The normalized spacial score (nSPS) is 11.7. The third-order valence-electron chi connectivity index (χ3n) is 1.61. The minimum Gasteiger partial charge on any atom is -0.495 e. The number of ether oxygens (including phenoxy) is 1. The maximum Gasteiger partial charge on any atom is 0.341 e. The first-order chi connectivity index (χ1) is 6.50. The summed E-state index contributed by atoms with van der Waals surface area (Å²) >= 11 is 0. The Balaban J connectivity index is 3.32. The van der Waals surface area contributed by atoms with Crippen molar-refractivity contribution < 1.29 is 21.9 Å². The van der Waals surface area contributed by atoms with Crippen LogP contribution in [0.2, 0.25) is 0 Å². The molecule has 3 nitrogen and oxygen atoms in total. The van der Waals surface area contributed by atoms with Gasteiger partial charge in [0, 0.05) is 0 Å². The smallest absolute Gasteiger partial charge is 0.341 e. The highest BCUT2D eigenvalue weighted by Crippen LogP contribution is 2.27. The number of rotatable bonds is 3. The van der Waals surface area contributed by atoms with Crippen molar-refractivity contribution in [2.45, 2.75) is 10.7 Å². The fourth-order valence-electron chi connectivity index (χ4n) is 0.950. The van der Waals surface area contributed by atoms with Crippen LogP contribution in [0.3, 0.4) is 0 Å². The Kier molecular flexibility index (Phi) is 3.05. The molecule has 0 saturated carbocycles.